The summed E-state index contributed by atoms with van der Waals surface area (Å²) < 4.78 is 2.95. The summed E-state index contributed by atoms with van der Waals surface area (Å²) in [6.45, 7) is 4.60. The minimum Gasteiger partial charge on any atom is -0.384 e. The summed E-state index contributed by atoms with van der Waals surface area (Å²) in [5.41, 5.74) is 9.39. The number of hydrogen-bond donors (Lipinski definition) is 2. The maximum Gasteiger partial charge on any atom is 0.123 e. The molecule has 0 unspecified atom stereocenters. The lowest BCUT2D eigenvalue weighted by atomic mass is 10.1. The highest BCUT2D eigenvalue weighted by Gasteiger charge is 2.11. The van der Waals surface area contributed by atoms with Crippen molar-refractivity contribution in [3.8, 4) is 0 Å². The molecule has 5 heteroatoms. The molecule has 0 aliphatic carbocycles. The summed E-state index contributed by atoms with van der Waals surface area (Å²) in [6.07, 6.45) is 0. The molecule has 3 N–H and O–H groups in total. The number of nitrogens with two attached hydrogens (primary N) is 1. The van der Waals surface area contributed by atoms with Crippen LogP contribution >= 0.6 is 15.9 Å². The fraction of sp³-hybridized carbons (Fsp3) is 0.231. The number of aromatic nitrogens is 2. The van der Waals surface area contributed by atoms with Crippen LogP contribution in [0.5, 0.6) is 0 Å². The smallest absolute Gasteiger partial charge is 0.123 e. The molecule has 0 saturated heterocycles. The van der Waals surface area contributed by atoms with E-state index in [1.807, 2.05) is 42.8 Å². The van der Waals surface area contributed by atoms with E-state index in [2.05, 4.69) is 21.0 Å². The van der Waals surface area contributed by atoms with E-state index in [1.54, 1.807) is 0 Å². The Morgan fingerprint density at radius 1 is 1.39 bits per heavy atom. The van der Waals surface area contributed by atoms with Crippen molar-refractivity contribution in [3.05, 3.63) is 51.3 Å². The first-order valence-corrected chi connectivity index (χ1v) is 6.42. The lowest BCUT2D eigenvalue weighted by molar-refractivity contribution is 0.658. The van der Waals surface area contributed by atoms with Crippen molar-refractivity contribution in [3.63, 3.8) is 0 Å². The third kappa shape index (κ3) is 2.31. The predicted octanol–water partition coefficient (Wildman–Crippen LogP) is 2.59. The number of halogens is 1. The van der Waals surface area contributed by atoms with Gasteiger partial charge >= 0.3 is 0 Å². The molecule has 0 radical (unpaired) electrons. The van der Waals surface area contributed by atoms with Crippen molar-refractivity contribution < 1.29 is 0 Å². The van der Waals surface area contributed by atoms with Crippen LogP contribution in [0.1, 0.15) is 22.5 Å². The lowest BCUT2D eigenvalue weighted by Gasteiger charge is -2.09. The quantitative estimate of drug-likeness (QED) is 0.676. The summed E-state index contributed by atoms with van der Waals surface area (Å²) in [5, 5.41) is 12.0. The van der Waals surface area contributed by atoms with Crippen LogP contribution in [-0.2, 0) is 6.54 Å². The van der Waals surface area contributed by atoms with Gasteiger partial charge in [0.2, 0.25) is 0 Å². The van der Waals surface area contributed by atoms with E-state index in [4.69, 9.17) is 11.1 Å². The van der Waals surface area contributed by atoms with Gasteiger partial charge in [-0.1, -0.05) is 24.3 Å². The first-order valence-electron chi connectivity index (χ1n) is 5.62. The van der Waals surface area contributed by atoms with Gasteiger partial charge in [0.05, 0.1) is 22.4 Å². The number of benzene rings is 1. The van der Waals surface area contributed by atoms with Gasteiger partial charge in [-0.05, 0) is 35.3 Å². The molecule has 0 amide bonds. The number of hydrogen-bond acceptors (Lipinski definition) is 2. The Hall–Kier alpha value is -1.62. The zero-order valence-electron chi connectivity index (χ0n) is 10.4. The van der Waals surface area contributed by atoms with Gasteiger partial charge < -0.3 is 5.73 Å². The fourth-order valence-corrected chi connectivity index (χ4v) is 2.20. The molecule has 18 heavy (non-hydrogen) atoms. The van der Waals surface area contributed by atoms with Gasteiger partial charge in [-0.15, -0.1) is 0 Å². The van der Waals surface area contributed by atoms with E-state index < -0.39 is 0 Å². The molecule has 4 nitrogen and oxygen atoms in total. The molecule has 2 rings (SSSR count). The Bertz CT molecular complexity index is 601. The van der Waals surface area contributed by atoms with Gasteiger partial charge in [-0.25, -0.2) is 0 Å². The molecule has 1 aromatic heterocycles. The van der Waals surface area contributed by atoms with Gasteiger partial charge in [-0.3, -0.25) is 10.1 Å². The number of rotatable bonds is 3. The Balaban J connectivity index is 2.40. The molecule has 0 fully saturated rings. The molecular weight excluding hydrogens is 292 g/mol. The van der Waals surface area contributed by atoms with Crippen molar-refractivity contribution >= 4 is 21.8 Å². The summed E-state index contributed by atoms with van der Waals surface area (Å²) >= 11 is 3.51. The second-order valence-corrected chi connectivity index (χ2v) is 5.01. The van der Waals surface area contributed by atoms with Crippen molar-refractivity contribution in [2.75, 3.05) is 0 Å². The van der Waals surface area contributed by atoms with Crippen LogP contribution in [0.2, 0.25) is 0 Å². The fourth-order valence-electron chi connectivity index (χ4n) is 1.91. The highest BCUT2D eigenvalue weighted by atomic mass is 79.9. The first kappa shape index (κ1) is 12.8. The van der Waals surface area contributed by atoms with Crippen LogP contribution in [0.4, 0.5) is 0 Å². The number of nitrogens with one attached hydrogen (secondary N) is 1. The van der Waals surface area contributed by atoms with Gasteiger partial charge in [0.15, 0.2) is 0 Å². The van der Waals surface area contributed by atoms with Gasteiger partial charge in [0.1, 0.15) is 5.84 Å². The second-order valence-electron chi connectivity index (χ2n) is 4.21. The van der Waals surface area contributed by atoms with E-state index in [9.17, 15) is 0 Å². The van der Waals surface area contributed by atoms with Gasteiger partial charge in [-0.2, -0.15) is 5.10 Å². The molecule has 2 aromatic rings. The Morgan fingerprint density at radius 2 is 2.06 bits per heavy atom. The van der Waals surface area contributed by atoms with Gasteiger partial charge in [0, 0.05) is 5.56 Å². The highest BCUT2D eigenvalue weighted by Crippen LogP contribution is 2.21. The molecule has 94 valence electrons. The van der Waals surface area contributed by atoms with Crippen LogP contribution < -0.4 is 5.73 Å². The van der Waals surface area contributed by atoms with E-state index in [0.29, 0.717) is 6.54 Å². The Morgan fingerprint density at radius 3 is 2.61 bits per heavy atom. The largest absolute Gasteiger partial charge is 0.384 e. The first-order chi connectivity index (χ1) is 8.50. The summed E-state index contributed by atoms with van der Waals surface area (Å²) in [7, 11) is 0. The van der Waals surface area contributed by atoms with Crippen molar-refractivity contribution in [2.24, 2.45) is 5.73 Å². The van der Waals surface area contributed by atoms with E-state index in [1.165, 1.54) is 0 Å². The molecule has 0 aliphatic heterocycles. The van der Waals surface area contributed by atoms with Crippen LogP contribution in [-0.4, -0.2) is 15.6 Å². The molecule has 0 spiro atoms. The summed E-state index contributed by atoms with van der Waals surface area (Å²) in [6, 6.07) is 7.67. The van der Waals surface area contributed by atoms with Crippen LogP contribution in [0.15, 0.2) is 28.7 Å². The zero-order valence-corrected chi connectivity index (χ0v) is 12.0. The van der Waals surface area contributed by atoms with Crippen molar-refractivity contribution in [2.45, 2.75) is 20.4 Å². The number of aryl methyl sites for hydroxylation is 1. The van der Waals surface area contributed by atoms with E-state index in [0.717, 1.165) is 27.0 Å². The third-order valence-electron chi connectivity index (χ3n) is 2.92. The molecular formula is C13H15BrN4. The average molecular weight is 307 g/mol. The van der Waals surface area contributed by atoms with E-state index in [-0.39, 0.29) is 5.84 Å². The second kappa shape index (κ2) is 4.94. The SMILES string of the molecule is Cc1nn(Cc2ccccc2C(=N)N)c(C)c1Br. The van der Waals surface area contributed by atoms with Crippen LogP contribution in [0, 0.1) is 19.3 Å². The molecule has 0 bridgehead atoms. The number of nitrogens with zero attached hydrogens (tertiary/aromatic N) is 2. The topological polar surface area (TPSA) is 67.7 Å². The standard InChI is InChI=1S/C13H15BrN4/c1-8-12(14)9(2)18(17-8)7-10-5-3-4-6-11(10)13(15)16/h3-6H,7H2,1-2H3,(H3,15,16). The average Bonchev–Trinajstić information content (AvgIpc) is 2.57. The number of nitrogen functional groups attached to an aromatic ring is 1. The van der Waals surface area contributed by atoms with Crippen molar-refractivity contribution in [1.29, 1.82) is 5.41 Å². The third-order valence-corrected chi connectivity index (χ3v) is 4.07. The Labute approximate surface area is 114 Å². The summed E-state index contributed by atoms with van der Waals surface area (Å²) in [4.78, 5) is 0. The van der Waals surface area contributed by atoms with Crippen LogP contribution in [0.3, 0.4) is 0 Å². The summed E-state index contributed by atoms with van der Waals surface area (Å²) in [5.74, 6) is 0.0891. The van der Waals surface area contributed by atoms with E-state index >= 15 is 0 Å². The maximum atomic E-state index is 7.58. The van der Waals surface area contributed by atoms with Crippen LogP contribution in [0.25, 0.3) is 0 Å². The minimum absolute atomic E-state index is 0.0891. The predicted molar refractivity (Wildman–Crippen MR) is 76.0 cm³/mol. The van der Waals surface area contributed by atoms with Crippen molar-refractivity contribution in [1.82, 2.24) is 9.78 Å². The lowest BCUT2D eigenvalue weighted by Crippen LogP contribution is -2.16. The maximum absolute atomic E-state index is 7.58. The molecule has 0 atom stereocenters. The molecule has 0 aliphatic rings. The van der Waals surface area contributed by atoms with Gasteiger partial charge in [0.25, 0.3) is 0 Å². The molecule has 1 aromatic carbocycles. The highest BCUT2D eigenvalue weighted by molar-refractivity contribution is 9.10. The molecule has 1 heterocycles. The number of amidine groups is 1. The normalized spacial score (nSPS) is 10.6. The monoisotopic (exact) mass is 306 g/mol. The molecule has 0 saturated carbocycles. The Kier molecular flexibility index (Phi) is 3.52. The minimum atomic E-state index is 0.0891. The zero-order chi connectivity index (χ0) is 13.3.